The summed E-state index contributed by atoms with van der Waals surface area (Å²) in [5.41, 5.74) is 2.17. The Balaban J connectivity index is 1.61. The summed E-state index contributed by atoms with van der Waals surface area (Å²) < 4.78 is 0. The predicted octanol–water partition coefficient (Wildman–Crippen LogP) is 5.63. The Kier molecular flexibility index (Phi) is 8.26. The molecular formula is C18H18Cl3NOS. The van der Waals surface area contributed by atoms with E-state index in [1.807, 2.05) is 36.4 Å². The quantitative estimate of drug-likeness (QED) is 0.580. The molecule has 2 rings (SSSR count). The van der Waals surface area contributed by atoms with E-state index in [0.717, 1.165) is 34.7 Å². The summed E-state index contributed by atoms with van der Waals surface area (Å²) in [6, 6.07) is 13.3. The molecule has 0 aromatic heterocycles. The Labute approximate surface area is 161 Å². The first kappa shape index (κ1) is 19.5. The van der Waals surface area contributed by atoms with E-state index in [1.54, 1.807) is 17.8 Å². The minimum Gasteiger partial charge on any atom is -0.355 e. The molecular weight excluding hydrogens is 385 g/mol. The van der Waals surface area contributed by atoms with Crippen LogP contribution in [-0.4, -0.2) is 18.2 Å². The maximum atomic E-state index is 11.8. The molecule has 6 heteroatoms. The van der Waals surface area contributed by atoms with Gasteiger partial charge in [0, 0.05) is 17.3 Å². The van der Waals surface area contributed by atoms with Crippen LogP contribution < -0.4 is 5.32 Å². The van der Waals surface area contributed by atoms with Crippen LogP contribution in [0.5, 0.6) is 0 Å². The van der Waals surface area contributed by atoms with Gasteiger partial charge in [0.2, 0.25) is 5.91 Å². The highest BCUT2D eigenvalue weighted by Gasteiger charge is 2.04. The minimum absolute atomic E-state index is 0.0409. The van der Waals surface area contributed by atoms with Crippen molar-refractivity contribution in [2.75, 3.05) is 12.3 Å². The summed E-state index contributed by atoms with van der Waals surface area (Å²) >= 11 is 19.5. The third kappa shape index (κ3) is 6.56. The molecule has 0 aliphatic heterocycles. The van der Waals surface area contributed by atoms with Gasteiger partial charge in [0.05, 0.1) is 15.8 Å². The van der Waals surface area contributed by atoms with Crippen LogP contribution in [0.15, 0.2) is 42.5 Å². The highest BCUT2D eigenvalue weighted by atomic mass is 35.5. The highest BCUT2D eigenvalue weighted by Crippen LogP contribution is 2.24. The number of hydrogen-bond donors (Lipinski definition) is 1. The van der Waals surface area contributed by atoms with Crippen molar-refractivity contribution in [3.8, 4) is 0 Å². The molecule has 1 N–H and O–H groups in total. The molecule has 2 nitrogen and oxygen atoms in total. The van der Waals surface area contributed by atoms with Gasteiger partial charge in [-0.25, -0.2) is 0 Å². The summed E-state index contributed by atoms with van der Waals surface area (Å²) in [4.78, 5) is 11.8. The van der Waals surface area contributed by atoms with Gasteiger partial charge in [-0.1, -0.05) is 59.1 Å². The third-order valence-electron chi connectivity index (χ3n) is 3.39. The molecule has 0 aliphatic carbocycles. The number of hydrogen-bond acceptors (Lipinski definition) is 2. The van der Waals surface area contributed by atoms with E-state index in [1.165, 1.54) is 0 Å². The lowest BCUT2D eigenvalue weighted by Gasteiger charge is -2.07. The molecule has 128 valence electrons. The zero-order chi connectivity index (χ0) is 17.4. The zero-order valence-electron chi connectivity index (χ0n) is 13.0. The van der Waals surface area contributed by atoms with E-state index < -0.39 is 0 Å². The van der Waals surface area contributed by atoms with E-state index in [-0.39, 0.29) is 5.91 Å². The van der Waals surface area contributed by atoms with E-state index in [9.17, 15) is 4.79 Å². The maximum absolute atomic E-state index is 11.8. The molecule has 0 radical (unpaired) electrons. The second kappa shape index (κ2) is 10.2. The van der Waals surface area contributed by atoms with Gasteiger partial charge >= 0.3 is 0 Å². The first-order valence-electron chi connectivity index (χ1n) is 7.58. The Hall–Kier alpha value is -0.870. The number of nitrogens with one attached hydrogen (secondary N) is 1. The van der Waals surface area contributed by atoms with Gasteiger partial charge in [0.15, 0.2) is 0 Å². The van der Waals surface area contributed by atoms with Crippen molar-refractivity contribution in [3.63, 3.8) is 0 Å². The van der Waals surface area contributed by atoms with Crippen molar-refractivity contribution >= 4 is 52.5 Å². The van der Waals surface area contributed by atoms with Crippen LogP contribution >= 0.6 is 46.6 Å². The molecule has 0 saturated carbocycles. The first-order valence-corrected chi connectivity index (χ1v) is 9.87. The van der Waals surface area contributed by atoms with Crippen LogP contribution in [0.4, 0.5) is 0 Å². The van der Waals surface area contributed by atoms with Crippen LogP contribution in [0.25, 0.3) is 0 Å². The van der Waals surface area contributed by atoms with E-state index in [4.69, 9.17) is 34.8 Å². The number of amides is 1. The molecule has 2 aromatic carbocycles. The second-order valence-electron chi connectivity index (χ2n) is 5.29. The molecule has 24 heavy (non-hydrogen) atoms. The van der Waals surface area contributed by atoms with Crippen molar-refractivity contribution in [2.45, 2.75) is 18.6 Å². The largest absolute Gasteiger partial charge is 0.355 e. The fourth-order valence-electron chi connectivity index (χ4n) is 2.15. The van der Waals surface area contributed by atoms with Crippen LogP contribution in [0.1, 0.15) is 17.5 Å². The van der Waals surface area contributed by atoms with Gasteiger partial charge in [0.25, 0.3) is 0 Å². The van der Waals surface area contributed by atoms with E-state index >= 15 is 0 Å². The minimum atomic E-state index is 0.0409. The molecule has 0 spiro atoms. The van der Waals surface area contributed by atoms with Crippen molar-refractivity contribution in [2.24, 2.45) is 0 Å². The number of carbonyl (C=O) groups excluding carboxylic acids is 1. The number of thioether (sulfide) groups is 1. The third-order valence-corrected chi connectivity index (χ3v) is 5.50. The standard InChI is InChI=1S/C18H18Cl3NOS/c19-15-6-2-1-4-14(15)5-3-9-22-18(23)12-24-11-13-7-8-16(20)17(21)10-13/h1-2,4,6-8,10H,3,5,9,11-12H2,(H,22,23). The Morgan fingerprint density at radius 1 is 1.00 bits per heavy atom. The molecule has 0 fully saturated rings. The van der Waals surface area contributed by atoms with Crippen molar-refractivity contribution in [1.29, 1.82) is 0 Å². The lowest BCUT2D eigenvalue weighted by atomic mass is 10.1. The van der Waals surface area contributed by atoms with Gasteiger partial charge in [-0.3, -0.25) is 4.79 Å². The highest BCUT2D eigenvalue weighted by molar-refractivity contribution is 7.99. The van der Waals surface area contributed by atoms with Crippen molar-refractivity contribution in [1.82, 2.24) is 5.32 Å². The van der Waals surface area contributed by atoms with Crippen molar-refractivity contribution in [3.05, 3.63) is 68.7 Å². The summed E-state index contributed by atoms with van der Waals surface area (Å²) in [6.45, 7) is 0.650. The number of halogens is 3. The molecule has 0 heterocycles. The van der Waals surface area contributed by atoms with Crippen LogP contribution in [0, 0.1) is 0 Å². The molecule has 0 aliphatic rings. The molecule has 1 amide bonds. The fourth-order valence-corrected chi connectivity index (χ4v) is 3.51. The number of rotatable bonds is 8. The fraction of sp³-hybridized carbons (Fsp3) is 0.278. The molecule has 0 unspecified atom stereocenters. The van der Waals surface area contributed by atoms with Gasteiger partial charge in [-0.15, -0.1) is 11.8 Å². The normalized spacial score (nSPS) is 10.6. The van der Waals surface area contributed by atoms with Crippen LogP contribution in [0.2, 0.25) is 15.1 Å². The predicted molar refractivity (Wildman–Crippen MR) is 105 cm³/mol. The number of benzene rings is 2. The maximum Gasteiger partial charge on any atom is 0.230 e. The first-order chi connectivity index (χ1) is 11.6. The summed E-state index contributed by atoms with van der Waals surface area (Å²) in [7, 11) is 0. The van der Waals surface area contributed by atoms with Gasteiger partial charge in [-0.05, 0) is 42.2 Å². The Bertz CT molecular complexity index is 694. The summed E-state index contributed by atoms with van der Waals surface area (Å²) in [5, 5.41) is 4.79. The van der Waals surface area contributed by atoms with Gasteiger partial charge in [-0.2, -0.15) is 0 Å². The average Bonchev–Trinajstić information content (AvgIpc) is 2.56. The topological polar surface area (TPSA) is 29.1 Å². The monoisotopic (exact) mass is 401 g/mol. The van der Waals surface area contributed by atoms with Gasteiger partial charge < -0.3 is 5.32 Å². The molecule has 0 bridgehead atoms. The SMILES string of the molecule is O=C(CSCc1ccc(Cl)c(Cl)c1)NCCCc1ccccc1Cl. The smallest absolute Gasteiger partial charge is 0.230 e. The average molecular weight is 403 g/mol. The Morgan fingerprint density at radius 2 is 1.79 bits per heavy atom. The van der Waals surface area contributed by atoms with Crippen LogP contribution in [-0.2, 0) is 17.0 Å². The lowest BCUT2D eigenvalue weighted by Crippen LogP contribution is -2.26. The van der Waals surface area contributed by atoms with E-state index in [2.05, 4.69) is 5.32 Å². The molecule has 2 aromatic rings. The summed E-state index contributed by atoms with van der Waals surface area (Å²) in [6.07, 6.45) is 1.73. The number of carbonyl (C=O) groups is 1. The summed E-state index contributed by atoms with van der Waals surface area (Å²) in [5.74, 6) is 1.19. The van der Waals surface area contributed by atoms with Crippen LogP contribution in [0.3, 0.4) is 0 Å². The Morgan fingerprint density at radius 3 is 2.54 bits per heavy atom. The van der Waals surface area contributed by atoms with Gasteiger partial charge in [0.1, 0.15) is 0 Å². The van der Waals surface area contributed by atoms with E-state index in [0.29, 0.717) is 22.3 Å². The molecule has 0 saturated heterocycles. The lowest BCUT2D eigenvalue weighted by molar-refractivity contribution is -0.118. The molecule has 0 atom stereocenters. The van der Waals surface area contributed by atoms with Crippen molar-refractivity contribution < 1.29 is 4.79 Å². The number of aryl methyl sites for hydroxylation is 1. The zero-order valence-corrected chi connectivity index (χ0v) is 16.1. The second-order valence-corrected chi connectivity index (χ2v) is 7.49.